The molecule has 2 amide bonds. The van der Waals surface area contributed by atoms with Crippen LogP contribution in [0.25, 0.3) is 0 Å². The summed E-state index contributed by atoms with van der Waals surface area (Å²) >= 11 is 1.95. The van der Waals surface area contributed by atoms with Gasteiger partial charge in [-0.15, -0.1) is 0 Å². The number of carbonyl (C=O) groups excluding carboxylic acids is 2. The van der Waals surface area contributed by atoms with E-state index in [1.807, 2.05) is 36.4 Å². The fourth-order valence-electron chi connectivity index (χ4n) is 2.31. The van der Waals surface area contributed by atoms with E-state index >= 15 is 0 Å². The van der Waals surface area contributed by atoms with E-state index in [-0.39, 0.29) is 23.1 Å². The number of nitro benzene ring substituents is 1. The van der Waals surface area contributed by atoms with Crippen molar-refractivity contribution in [1.82, 2.24) is 4.90 Å². The third-order valence-corrected chi connectivity index (χ3v) is 4.67. The van der Waals surface area contributed by atoms with Gasteiger partial charge in [0, 0.05) is 28.7 Å². The average molecular weight is 402 g/mol. The van der Waals surface area contributed by atoms with Crippen molar-refractivity contribution in [3.05, 3.63) is 37.4 Å². The van der Waals surface area contributed by atoms with Crippen LogP contribution in [0.15, 0.2) is 18.2 Å². The molecule has 1 unspecified atom stereocenters. The number of hydrogen-bond acceptors (Lipinski definition) is 4. The maximum Gasteiger partial charge on any atom is 0.270 e. The van der Waals surface area contributed by atoms with Gasteiger partial charge in [-0.3, -0.25) is 24.6 Å². The number of rotatable bonds is 3. The molecule has 0 aromatic heterocycles. The normalized spacial score (nSPS) is 18.4. The molecule has 1 saturated heterocycles. The molecule has 1 aliphatic heterocycles. The van der Waals surface area contributed by atoms with Crippen LogP contribution in [-0.2, 0) is 4.79 Å². The minimum Gasteiger partial charge on any atom is -0.278 e. The van der Waals surface area contributed by atoms with Crippen molar-refractivity contribution < 1.29 is 14.5 Å². The number of benzene rings is 1. The van der Waals surface area contributed by atoms with Crippen molar-refractivity contribution in [3.8, 4) is 0 Å². The Morgan fingerprint density at radius 2 is 2.14 bits per heavy atom. The molecule has 6 nitrogen and oxygen atoms in total. The van der Waals surface area contributed by atoms with Crippen LogP contribution in [-0.4, -0.2) is 28.2 Å². The Labute approximate surface area is 135 Å². The Hall–Kier alpha value is -1.51. The first-order valence-electron chi connectivity index (χ1n) is 6.60. The Kier molecular flexibility index (Phi) is 4.60. The minimum absolute atomic E-state index is 0.147. The van der Waals surface area contributed by atoms with Gasteiger partial charge in [0.05, 0.1) is 10.5 Å². The Morgan fingerprint density at radius 3 is 2.67 bits per heavy atom. The van der Waals surface area contributed by atoms with Crippen molar-refractivity contribution in [2.75, 3.05) is 6.54 Å². The third-order valence-electron chi connectivity index (χ3n) is 3.73. The van der Waals surface area contributed by atoms with Crippen molar-refractivity contribution in [2.24, 2.45) is 11.8 Å². The van der Waals surface area contributed by atoms with E-state index in [9.17, 15) is 19.7 Å². The van der Waals surface area contributed by atoms with Crippen LogP contribution in [0.4, 0.5) is 5.69 Å². The van der Waals surface area contributed by atoms with E-state index in [4.69, 9.17) is 0 Å². The summed E-state index contributed by atoms with van der Waals surface area (Å²) in [6.45, 7) is 4.42. The zero-order valence-electron chi connectivity index (χ0n) is 11.7. The summed E-state index contributed by atoms with van der Waals surface area (Å²) in [7, 11) is 0. The lowest BCUT2D eigenvalue weighted by Gasteiger charge is -2.17. The molecule has 1 heterocycles. The van der Waals surface area contributed by atoms with Gasteiger partial charge in [-0.05, 0) is 40.5 Å². The molecule has 0 aliphatic carbocycles. The van der Waals surface area contributed by atoms with Crippen molar-refractivity contribution in [3.63, 3.8) is 0 Å². The van der Waals surface area contributed by atoms with Gasteiger partial charge in [0.2, 0.25) is 5.91 Å². The quantitative estimate of drug-likeness (QED) is 0.337. The number of nitro groups is 1. The molecule has 2 rings (SSSR count). The lowest BCUT2D eigenvalue weighted by Crippen LogP contribution is -2.33. The second-order valence-electron chi connectivity index (χ2n) is 5.44. The molecule has 0 spiro atoms. The fourth-order valence-corrected chi connectivity index (χ4v) is 2.88. The molecule has 1 aliphatic rings. The second kappa shape index (κ2) is 6.08. The number of amides is 2. The van der Waals surface area contributed by atoms with E-state index in [0.29, 0.717) is 22.5 Å². The lowest BCUT2D eigenvalue weighted by molar-refractivity contribution is -0.384. The summed E-state index contributed by atoms with van der Waals surface area (Å²) in [5.74, 6) is -0.189. The zero-order chi connectivity index (χ0) is 15.7. The molecule has 112 valence electrons. The van der Waals surface area contributed by atoms with Crippen molar-refractivity contribution in [1.29, 1.82) is 0 Å². The first kappa shape index (κ1) is 15.9. The van der Waals surface area contributed by atoms with Crippen LogP contribution < -0.4 is 0 Å². The number of carbonyl (C=O) groups is 2. The monoisotopic (exact) mass is 402 g/mol. The molecule has 1 aromatic rings. The van der Waals surface area contributed by atoms with Crippen LogP contribution in [0.3, 0.4) is 0 Å². The third kappa shape index (κ3) is 3.22. The van der Waals surface area contributed by atoms with Crippen molar-refractivity contribution in [2.45, 2.75) is 20.3 Å². The van der Waals surface area contributed by atoms with Gasteiger partial charge in [-0.2, -0.15) is 0 Å². The van der Waals surface area contributed by atoms with Crippen LogP contribution in [0.5, 0.6) is 0 Å². The summed E-state index contributed by atoms with van der Waals surface area (Å²) < 4.78 is 0.601. The Bertz CT molecular complexity index is 615. The summed E-state index contributed by atoms with van der Waals surface area (Å²) in [6.07, 6.45) is 0.356. The maximum absolute atomic E-state index is 12.5. The van der Waals surface area contributed by atoms with Gasteiger partial charge in [0.1, 0.15) is 0 Å². The van der Waals surface area contributed by atoms with Gasteiger partial charge in [0.15, 0.2) is 0 Å². The van der Waals surface area contributed by atoms with Gasteiger partial charge in [0.25, 0.3) is 11.6 Å². The van der Waals surface area contributed by atoms with E-state index in [1.54, 1.807) is 0 Å². The molecule has 1 aromatic carbocycles. The van der Waals surface area contributed by atoms with Crippen LogP contribution in [0.1, 0.15) is 30.6 Å². The standard InChI is InChI=1S/C14H15IN2O4/c1-8(2)9-5-13(18)16(7-9)14(19)11-6-10(17(20)21)3-4-12(11)15/h3-4,6,8-9H,5,7H2,1-2H3. The van der Waals surface area contributed by atoms with Gasteiger partial charge >= 0.3 is 0 Å². The molecule has 0 saturated carbocycles. The molecule has 0 bridgehead atoms. The number of imide groups is 1. The second-order valence-corrected chi connectivity index (χ2v) is 6.60. The van der Waals surface area contributed by atoms with E-state index < -0.39 is 10.8 Å². The lowest BCUT2D eigenvalue weighted by atomic mass is 9.95. The minimum atomic E-state index is -0.546. The fraction of sp³-hybridized carbons (Fsp3) is 0.429. The molecule has 7 heteroatoms. The zero-order valence-corrected chi connectivity index (χ0v) is 13.9. The Balaban J connectivity index is 2.30. The predicted molar refractivity (Wildman–Crippen MR) is 84.8 cm³/mol. The molecular formula is C14H15IN2O4. The molecule has 1 atom stereocenters. The average Bonchev–Trinajstić information content (AvgIpc) is 2.80. The topological polar surface area (TPSA) is 80.5 Å². The highest BCUT2D eigenvalue weighted by molar-refractivity contribution is 14.1. The van der Waals surface area contributed by atoms with E-state index in [0.717, 1.165) is 0 Å². The molecule has 0 radical (unpaired) electrons. The SMILES string of the molecule is CC(C)C1CC(=O)N(C(=O)c2cc([N+](=O)[O-])ccc2I)C1. The summed E-state index contributed by atoms with van der Waals surface area (Å²) in [4.78, 5) is 36.0. The smallest absolute Gasteiger partial charge is 0.270 e. The summed E-state index contributed by atoms with van der Waals surface area (Å²) in [5.41, 5.74) is 0.0633. The first-order chi connectivity index (χ1) is 9.81. The largest absolute Gasteiger partial charge is 0.278 e. The van der Waals surface area contributed by atoms with Crippen LogP contribution >= 0.6 is 22.6 Å². The summed E-state index contributed by atoms with van der Waals surface area (Å²) in [6, 6.07) is 4.10. The highest BCUT2D eigenvalue weighted by Gasteiger charge is 2.36. The first-order valence-corrected chi connectivity index (χ1v) is 7.67. The predicted octanol–water partition coefficient (Wildman–Crippen LogP) is 2.84. The number of hydrogen-bond donors (Lipinski definition) is 0. The van der Waals surface area contributed by atoms with Crippen LogP contribution in [0, 0.1) is 25.5 Å². The Morgan fingerprint density at radius 1 is 1.48 bits per heavy atom. The highest BCUT2D eigenvalue weighted by Crippen LogP contribution is 2.28. The van der Waals surface area contributed by atoms with E-state index in [1.165, 1.54) is 23.1 Å². The number of nitrogens with zero attached hydrogens (tertiary/aromatic N) is 2. The van der Waals surface area contributed by atoms with Gasteiger partial charge in [-0.1, -0.05) is 13.8 Å². The van der Waals surface area contributed by atoms with Crippen molar-refractivity contribution >= 4 is 40.1 Å². The van der Waals surface area contributed by atoms with E-state index in [2.05, 4.69) is 0 Å². The summed E-state index contributed by atoms with van der Waals surface area (Å²) in [5, 5.41) is 10.8. The molecule has 21 heavy (non-hydrogen) atoms. The molecule has 1 fully saturated rings. The maximum atomic E-state index is 12.5. The number of halogens is 1. The number of likely N-dealkylation sites (tertiary alicyclic amines) is 1. The molecular weight excluding hydrogens is 387 g/mol. The van der Waals surface area contributed by atoms with Gasteiger partial charge in [-0.25, -0.2) is 0 Å². The van der Waals surface area contributed by atoms with Gasteiger partial charge < -0.3 is 0 Å². The number of non-ortho nitro benzene ring substituents is 1. The van der Waals surface area contributed by atoms with Crippen LogP contribution in [0.2, 0.25) is 0 Å². The highest BCUT2D eigenvalue weighted by atomic mass is 127. The molecule has 0 N–H and O–H groups in total.